The van der Waals surface area contributed by atoms with Crippen molar-refractivity contribution in [1.82, 2.24) is 10.3 Å². The predicted molar refractivity (Wildman–Crippen MR) is 81.4 cm³/mol. The topological polar surface area (TPSA) is 92.4 Å². The lowest BCUT2D eigenvalue weighted by molar-refractivity contribution is -0.142. The van der Waals surface area contributed by atoms with Crippen LogP contribution in [0.15, 0.2) is 28.7 Å². The van der Waals surface area contributed by atoms with E-state index in [4.69, 9.17) is 9.52 Å². The largest absolute Gasteiger partial charge is 0.480 e. The molecule has 0 saturated carbocycles. The summed E-state index contributed by atoms with van der Waals surface area (Å²) in [6, 6.07) is 6.52. The number of benzene rings is 1. The van der Waals surface area contributed by atoms with Crippen LogP contribution in [0.3, 0.4) is 0 Å². The van der Waals surface area contributed by atoms with Gasteiger partial charge in [0.2, 0.25) is 5.91 Å². The maximum Gasteiger partial charge on any atom is 0.326 e. The number of amides is 1. The van der Waals surface area contributed by atoms with Gasteiger partial charge in [0, 0.05) is 12.8 Å². The van der Waals surface area contributed by atoms with E-state index in [0.717, 1.165) is 5.52 Å². The number of nitrogens with zero attached hydrogens (tertiary/aromatic N) is 1. The standard InChI is InChI=1S/C16H20N2O4/c1-10(2)9-12(16(20)21)17-14(19)7-8-15-18-11-5-3-4-6-13(11)22-15/h3-6,10,12H,7-9H2,1-2H3,(H,17,19)(H,20,21)/t12-/m1/s1. The van der Waals surface area contributed by atoms with Crippen molar-refractivity contribution in [3.05, 3.63) is 30.2 Å². The molecule has 2 N–H and O–H groups in total. The van der Waals surface area contributed by atoms with Gasteiger partial charge in [-0.2, -0.15) is 0 Å². The lowest BCUT2D eigenvalue weighted by Crippen LogP contribution is -2.41. The van der Waals surface area contributed by atoms with Gasteiger partial charge in [-0.15, -0.1) is 0 Å². The summed E-state index contributed by atoms with van der Waals surface area (Å²) in [5, 5.41) is 11.6. The second-order valence-corrected chi connectivity index (χ2v) is 5.66. The zero-order chi connectivity index (χ0) is 16.1. The first-order valence-electron chi connectivity index (χ1n) is 7.32. The maximum atomic E-state index is 11.9. The first-order chi connectivity index (χ1) is 10.5. The number of carboxylic acids is 1. The molecule has 1 heterocycles. The third-order valence-corrected chi connectivity index (χ3v) is 3.24. The Kier molecular flexibility index (Phi) is 5.14. The van der Waals surface area contributed by atoms with Gasteiger partial charge in [-0.05, 0) is 24.5 Å². The van der Waals surface area contributed by atoms with Crippen LogP contribution in [0.1, 0.15) is 32.6 Å². The smallest absolute Gasteiger partial charge is 0.326 e. The fourth-order valence-corrected chi connectivity index (χ4v) is 2.21. The van der Waals surface area contributed by atoms with Crippen molar-refractivity contribution in [3.8, 4) is 0 Å². The van der Waals surface area contributed by atoms with Crippen LogP contribution in [0, 0.1) is 5.92 Å². The average Bonchev–Trinajstić information content (AvgIpc) is 2.86. The van der Waals surface area contributed by atoms with E-state index in [2.05, 4.69) is 10.3 Å². The van der Waals surface area contributed by atoms with Crippen LogP contribution in [-0.4, -0.2) is 28.0 Å². The van der Waals surface area contributed by atoms with E-state index in [1.807, 2.05) is 38.1 Å². The van der Waals surface area contributed by atoms with E-state index in [1.165, 1.54) is 0 Å². The third-order valence-electron chi connectivity index (χ3n) is 3.24. The number of nitrogens with one attached hydrogen (secondary N) is 1. The predicted octanol–water partition coefficient (Wildman–Crippen LogP) is 2.38. The van der Waals surface area contributed by atoms with E-state index < -0.39 is 12.0 Å². The highest BCUT2D eigenvalue weighted by atomic mass is 16.4. The fraction of sp³-hybridized carbons (Fsp3) is 0.438. The van der Waals surface area contributed by atoms with Gasteiger partial charge in [-0.1, -0.05) is 26.0 Å². The molecule has 22 heavy (non-hydrogen) atoms. The van der Waals surface area contributed by atoms with Crippen molar-refractivity contribution in [2.24, 2.45) is 5.92 Å². The molecule has 118 valence electrons. The quantitative estimate of drug-likeness (QED) is 0.819. The van der Waals surface area contributed by atoms with Crippen LogP contribution in [0.4, 0.5) is 0 Å². The van der Waals surface area contributed by atoms with Gasteiger partial charge in [0.25, 0.3) is 0 Å². The normalized spacial score (nSPS) is 12.5. The molecule has 0 bridgehead atoms. The van der Waals surface area contributed by atoms with Crippen molar-refractivity contribution in [1.29, 1.82) is 0 Å². The summed E-state index contributed by atoms with van der Waals surface area (Å²) in [7, 11) is 0. The summed E-state index contributed by atoms with van der Waals surface area (Å²) in [4.78, 5) is 27.3. The summed E-state index contributed by atoms with van der Waals surface area (Å²) in [5.74, 6) is -0.648. The molecule has 1 aromatic heterocycles. The molecule has 0 fully saturated rings. The van der Waals surface area contributed by atoms with Crippen LogP contribution in [0.25, 0.3) is 11.1 Å². The Labute approximate surface area is 128 Å². The molecule has 1 atom stereocenters. The minimum Gasteiger partial charge on any atom is -0.480 e. The number of para-hydroxylation sites is 2. The number of rotatable bonds is 7. The molecular weight excluding hydrogens is 284 g/mol. The van der Waals surface area contributed by atoms with Crippen LogP contribution < -0.4 is 5.32 Å². The van der Waals surface area contributed by atoms with Gasteiger partial charge in [-0.25, -0.2) is 9.78 Å². The maximum absolute atomic E-state index is 11.9. The van der Waals surface area contributed by atoms with E-state index >= 15 is 0 Å². The number of aliphatic carboxylic acids is 1. The van der Waals surface area contributed by atoms with Crippen molar-refractivity contribution < 1.29 is 19.1 Å². The number of aromatic nitrogens is 1. The summed E-state index contributed by atoms with van der Waals surface area (Å²) in [6.07, 6.45) is 0.896. The van der Waals surface area contributed by atoms with Crippen LogP contribution in [-0.2, 0) is 16.0 Å². The number of oxazole rings is 1. The SMILES string of the molecule is CC(C)C[C@@H](NC(=O)CCc1nc2ccccc2o1)C(=O)O. The number of carbonyl (C=O) groups is 2. The Bertz CT molecular complexity index is 630. The number of carboxylic acid groups (broad SMARTS) is 1. The van der Waals surface area contributed by atoms with Gasteiger partial charge in [0.05, 0.1) is 0 Å². The van der Waals surface area contributed by atoms with E-state index in [9.17, 15) is 9.59 Å². The first kappa shape index (κ1) is 16.0. The molecule has 0 aliphatic heterocycles. The van der Waals surface area contributed by atoms with Crippen molar-refractivity contribution in [3.63, 3.8) is 0 Å². The Morgan fingerprint density at radius 2 is 2.05 bits per heavy atom. The molecule has 0 unspecified atom stereocenters. The summed E-state index contributed by atoms with van der Waals surface area (Å²) >= 11 is 0. The Morgan fingerprint density at radius 1 is 1.32 bits per heavy atom. The second kappa shape index (κ2) is 7.06. The highest BCUT2D eigenvalue weighted by Crippen LogP contribution is 2.15. The van der Waals surface area contributed by atoms with E-state index in [0.29, 0.717) is 24.3 Å². The number of fused-ring (bicyclic) bond motifs is 1. The summed E-state index contributed by atoms with van der Waals surface area (Å²) in [6.45, 7) is 3.83. The molecule has 0 saturated heterocycles. The minimum atomic E-state index is -1.01. The molecular formula is C16H20N2O4. The molecule has 2 rings (SSSR count). The third kappa shape index (κ3) is 4.31. The Morgan fingerprint density at radius 3 is 2.68 bits per heavy atom. The highest BCUT2D eigenvalue weighted by Gasteiger charge is 2.21. The van der Waals surface area contributed by atoms with Gasteiger partial charge >= 0.3 is 5.97 Å². The average molecular weight is 304 g/mol. The van der Waals surface area contributed by atoms with Crippen LogP contribution in [0.5, 0.6) is 0 Å². The van der Waals surface area contributed by atoms with Gasteiger partial charge in [0.15, 0.2) is 11.5 Å². The van der Waals surface area contributed by atoms with Crippen molar-refractivity contribution in [2.75, 3.05) is 0 Å². The van der Waals surface area contributed by atoms with E-state index in [1.54, 1.807) is 0 Å². The number of carbonyl (C=O) groups excluding carboxylic acids is 1. The lowest BCUT2D eigenvalue weighted by atomic mass is 10.0. The van der Waals surface area contributed by atoms with Gasteiger partial charge in [-0.3, -0.25) is 4.79 Å². The highest BCUT2D eigenvalue weighted by molar-refractivity contribution is 5.83. The first-order valence-corrected chi connectivity index (χ1v) is 7.32. The zero-order valence-electron chi connectivity index (χ0n) is 12.7. The molecule has 6 nitrogen and oxygen atoms in total. The van der Waals surface area contributed by atoms with Crippen molar-refractivity contribution >= 4 is 23.0 Å². The zero-order valence-corrected chi connectivity index (χ0v) is 12.7. The molecule has 1 aromatic carbocycles. The second-order valence-electron chi connectivity index (χ2n) is 5.66. The molecule has 0 aliphatic rings. The monoisotopic (exact) mass is 304 g/mol. The van der Waals surface area contributed by atoms with Crippen LogP contribution >= 0.6 is 0 Å². The molecule has 0 spiro atoms. The molecule has 2 aromatic rings. The van der Waals surface area contributed by atoms with Crippen LogP contribution in [0.2, 0.25) is 0 Å². The lowest BCUT2D eigenvalue weighted by Gasteiger charge is -2.16. The molecule has 0 radical (unpaired) electrons. The van der Waals surface area contributed by atoms with Crippen molar-refractivity contribution in [2.45, 2.75) is 39.2 Å². The number of hydrogen-bond donors (Lipinski definition) is 2. The van der Waals surface area contributed by atoms with E-state index in [-0.39, 0.29) is 18.2 Å². The fourth-order valence-electron chi connectivity index (χ4n) is 2.21. The molecule has 0 aliphatic carbocycles. The Hall–Kier alpha value is -2.37. The summed E-state index contributed by atoms with van der Waals surface area (Å²) in [5.41, 5.74) is 1.43. The Balaban J connectivity index is 1.90. The molecule has 6 heteroatoms. The minimum absolute atomic E-state index is 0.148. The number of aryl methyl sites for hydroxylation is 1. The number of hydrogen-bond acceptors (Lipinski definition) is 4. The summed E-state index contributed by atoms with van der Waals surface area (Å²) < 4.78 is 5.53. The van der Waals surface area contributed by atoms with Gasteiger partial charge < -0.3 is 14.8 Å². The molecule has 1 amide bonds. The van der Waals surface area contributed by atoms with Gasteiger partial charge in [0.1, 0.15) is 11.6 Å².